The number of aryl methyl sites for hydroxylation is 3. The van der Waals surface area contributed by atoms with Gasteiger partial charge in [-0.2, -0.15) is 4.31 Å². The Hall–Kier alpha value is -3.08. The van der Waals surface area contributed by atoms with Crippen LogP contribution in [0, 0.1) is 18.3 Å². The lowest BCUT2D eigenvalue weighted by Crippen LogP contribution is -2.38. The number of aromatic nitrogens is 4. The SMILES string of the molecule is Cc1ccc(C(CC2(O)CC23CC3)C2C=Cc3c(nnn3C)C2C)cc1CN1CCN(C)c2ccncc2CCS1(=O)=O. The van der Waals surface area contributed by atoms with Crippen LogP contribution >= 0.6 is 0 Å². The maximum Gasteiger partial charge on any atom is 0.214 e. The molecule has 0 bridgehead atoms. The van der Waals surface area contributed by atoms with Gasteiger partial charge in [-0.1, -0.05) is 36.4 Å². The first kappa shape index (κ1) is 28.7. The number of nitrogens with zero attached hydrogens (tertiary/aromatic N) is 6. The first-order valence-electron chi connectivity index (χ1n) is 15.5. The number of pyridine rings is 1. The van der Waals surface area contributed by atoms with Crippen molar-refractivity contribution in [2.24, 2.45) is 18.4 Å². The number of hydrogen-bond donors (Lipinski definition) is 1. The average molecular weight is 603 g/mol. The van der Waals surface area contributed by atoms with E-state index in [0.29, 0.717) is 32.5 Å². The minimum atomic E-state index is -3.50. The van der Waals surface area contributed by atoms with Gasteiger partial charge in [0.15, 0.2) is 0 Å². The van der Waals surface area contributed by atoms with Crippen LogP contribution in [0.25, 0.3) is 6.08 Å². The van der Waals surface area contributed by atoms with Crippen LogP contribution < -0.4 is 4.90 Å². The molecule has 9 nitrogen and oxygen atoms in total. The third-order valence-corrected chi connectivity index (χ3v) is 12.7. The molecule has 2 aromatic heterocycles. The molecule has 1 aromatic carbocycles. The average Bonchev–Trinajstić information content (AvgIpc) is 3.83. The zero-order valence-corrected chi connectivity index (χ0v) is 26.4. The number of rotatable bonds is 6. The van der Waals surface area contributed by atoms with Crippen molar-refractivity contribution in [3.63, 3.8) is 0 Å². The van der Waals surface area contributed by atoms with E-state index in [-0.39, 0.29) is 28.9 Å². The van der Waals surface area contributed by atoms with E-state index in [1.54, 1.807) is 16.7 Å². The van der Waals surface area contributed by atoms with E-state index < -0.39 is 15.6 Å². The predicted molar refractivity (Wildman–Crippen MR) is 167 cm³/mol. The summed E-state index contributed by atoms with van der Waals surface area (Å²) >= 11 is 0. The summed E-state index contributed by atoms with van der Waals surface area (Å²) in [7, 11) is 0.440. The summed E-state index contributed by atoms with van der Waals surface area (Å²) in [4.78, 5) is 6.37. The molecule has 3 aromatic rings. The Kier molecular flexibility index (Phi) is 6.83. The van der Waals surface area contributed by atoms with Crippen LogP contribution in [0.4, 0.5) is 5.69 Å². The highest BCUT2D eigenvalue weighted by atomic mass is 32.2. The molecule has 3 heterocycles. The summed E-state index contributed by atoms with van der Waals surface area (Å²) in [5, 5.41) is 20.4. The molecule has 1 aliphatic heterocycles. The normalized spacial score (nSPS) is 28.0. The highest BCUT2D eigenvalue weighted by Crippen LogP contribution is 2.75. The maximum atomic E-state index is 13.7. The van der Waals surface area contributed by atoms with Gasteiger partial charge in [-0.05, 0) is 85.3 Å². The van der Waals surface area contributed by atoms with Crippen LogP contribution in [0.5, 0.6) is 0 Å². The Bertz CT molecular complexity index is 1700. The highest BCUT2D eigenvalue weighted by Gasteiger charge is 2.73. The Morgan fingerprint density at radius 3 is 2.74 bits per heavy atom. The molecule has 2 saturated carbocycles. The number of sulfonamides is 1. The molecule has 10 heteroatoms. The van der Waals surface area contributed by atoms with Crippen molar-refractivity contribution in [2.75, 3.05) is 30.8 Å². The van der Waals surface area contributed by atoms with Gasteiger partial charge in [0, 0.05) is 63.1 Å². The highest BCUT2D eigenvalue weighted by molar-refractivity contribution is 7.89. The second-order valence-corrected chi connectivity index (χ2v) is 15.6. The quantitative estimate of drug-likeness (QED) is 0.452. The summed E-state index contributed by atoms with van der Waals surface area (Å²) in [5.41, 5.74) is 6.78. The van der Waals surface area contributed by atoms with Gasteiger partial charge < -0.3 is 10.0 Å². The van der Waals surface area contributed by atoms with Gasteiger partial charge >= 0.3 is 0 Å². The number of likely N-dealkylation sites (N-methyl/N-ethyl adjacent to an activating group) is 1. The molecule has 4 unspecified atom stereocenters. The lowest BCUT2D eigenvalue weighted by Gasteiger charge is -2.34. The van der Waals surface area contributed by atoms with Crippen LogP contribution in [-0.2, 0) is 30.0 Å². The van der Waals surface area contributed by atoms with Crippen LogP contribution in [0.3, 0.4) is 0 Å². The Morgan fingerprint density at radius 2 is 1.98 bits per heavy atom. The van der Waals surface area contributed by atoms with Crippen molar-refractivity contribution in [3.05, 3.63) is 76.4 Å². The summed E-state index contributed by atoms with van der Waals surface area (Å²) < 4.78 is 30.8. The minimum Gasteiger partial charge on any atom is -0.389 e. The summed E-state index contributed by atoms with van der Waals surface area (Å²) in [6, 6.07) is 8.49. The molecule has 3 aliphatic carbocycles. The van der Waals surface area contributed by atoms with E-state index in [4.69, 9.17) is 0 Å². The standard InChI is InChI=1S/C33H42N6O3S/c1-22-5-6-24(17-26(22)20-39-15-14-37(3)29-9-13-34-19-25(29)10-16-43(39,41)42)28(18-33(40)21-32(33)11-12-32)27-7-8-30-31(23(27)2)35-36-38(30)4/h5-9,13,17,19,23,27-28,40H,10-12,14-16,18,20-21H2,1-4H3. The molecule has 7 rings (SSSR count). The summed E-state index contributed by atoms with van der Waals surface area (Å²) in [6.45, 7) is 5.61. The molecule has 0 radical (unpaired) electrons. The smallest absolute Gasteiger partial charge is 0.214 e. The van der Waals surface area contributed by atoms with Gasteiger partial charge in [-0.25, -0.2) is 13.1 Å². The van der Waals surface area contributed by atoms with Crippen molar-refractivity contribution in [2.45, 2.75) is 69.9 Å². The molecule has 0 saturated heterocycles. The lowest BCUT2D eigenvalue weighted by atomic mass is 9.71. The number of aliphatic hydroxyl groups is 1. The number of allylic oxidation sites excluding steroid dienone is 1. The molecule has 1 spiro atoms. The van der Waals surface area contributed by atoms with Gasteiger partial charge in [0.1, 0.15) is 0 Å². The van der Waals surface area contributed by atoms with Crippen LogP contribution in [0.2, 0.25) is 0 Å². The van der Waals surface area contributed by atoms with Crippen LogP contribution in [-0.4, -0.2) is 69.3 Å². The van der Waals surface area contributed by atoms with E-state index in [2.05, 4.69) is 64.4 Å². The minimum absolute atomic E-state index is 0.0564. The summed E-state index contributed by atoms with van der Waals surface area (Å²) in [5.74, 6) is 0.424. The number of anilines is 1. The Morgan fingerprint density at radius 1 is 1.16 bits per heavy atom. The molecule has 4 atom stereocenters. The zero-order valence-electron chi connectivity index (χ0n) is 25.6. The molecule has 43 heavy (non-hydrogen) atoms. The monoisotopic (exact) mass is 602 g/mol. The fourth-order valence-electron chi connectivity index (χ4n) is 7.70. The van der Waals surface area contributed by atoms with Crippen molar-refractivity contribution in [1.82, 2.24) is 24.3 Å². The number of benzene rings is 1. The second kappa shape index (κ2) is 10.2. The molecule has 4 aliphatic rings. The first-order chi connectivity index (χ1) is 20.5. The second-order valence-electron chi connectivity index (χ2n) is 13.5. The van der Waals surface area contributed by atoms with Crippen molar-refractivity contribution < 1.29 is 13.5 Å². The van der Waals surface area contributed by atoms with E-state index in [0.717, 1.165) is 58.6 Å². The van der Waals surface area contributed by atoms with E-state index >= 15 is 0 Å². The van der Waals surface area contributed by atoms with Gasteiger partial charge in [0.05, 0.1) is 22.7 Å². The molecular formula is C33H42N6O3S. The van der Waals surface area contributed by atoms with Gasteiger partial charge in [-0.15, -0.1) is 5.10 Å². The van der Waals surface area contributed by atoms with Gasteiger partial charge in [-0.3, -0.25) is 4.98 Å². The van der Waals surface area contributed by atoms with E-state index in [1.807, 2.05) is 24.8 Å². The van der Waals surface area contributed by atoms with Crippen LogP contribution in [0.1, 0.15) is 78.1 Å². The maximum absolute atomic E-state index is 13.7. The topological polar surface area (TPSA) is 104 Å². The summed E-state index contributed by atoms with van der Waals surface area (Å²) in [6.07, 6.45) is 12.2. The van der Waals surface area contributed by atoms with E-state index in [9.17, 15) is 13.5 Å². The molecule has 2 fully saturated rings. The Balaban J connectivity index is 1.20. The first-order valence-corrected chi connectivity index (χ1v) is 17.1. The zero-order chi connectivity index (χ0) is 30.1. The third kappa shape index (κ3) is 5.01. The largest absolute Gasteiger partial charge is 0.389 e. The third-order valence-electron chi connectivity index (χ3n) is 10.9. The number of fused-ring (bicyclic) bond motifs is 2. The lowest BCUT2D eigenvalue weighted by molar-refractivity contribution is 0.0992. The number of hydrogen-bond acceptors (Lipinski definition) is 7. The molecular weight excluding hydrogens is 560 g/mol. The fourth-order valence-corrected chi connectivity index (χ4v) is 9.13. The fraction of sp³-hybridized carbons (Fsp3) is 0.545. The van der Waals surface area contributed by atoms with Crippen molar-refractivity contribution >= 4 is 21.8 Å². The molecule has 0 amide bonds. The van der Waals surface area contributed by atoms with Crippen LogP contribution in [0.15, 0.2) is 42.7 Å². The van der Waals surface area contributed by atoms with Crippen molar-refractivity contribution in [1.29, 1.82) is 0 Å². The predicted octanol–water partition coefficient (Wildman–Crippen LogP) is 4.18. The Labute approximate surface area is 254 Å². The van der Waals surface area contributed by atoms with Gasteiger partial charge in [0.25, 0.3) is 0 Å². The molecule has 228 valence electrons. The van der Waals surface area contributed by atoms with E-state index in [1.165, 1.54) is 0 Å². The van der Waals surface area contributed by atoms with Gasteiger partial charge in [0.2, 0.25) is 10.0 Å². The van der Waals surface area contributed by atoms with Crippen molar-refractivity contribution in [3.8, 4) is 0 Å². The molecule has 1 N–H and O–H groups in total.